The summed E-state index contributed by atoms with van der Waals surface area (Å²) in [6, 6.07) is 47.2. The summed E-state index contributed by atoms with van der Waals surface area (Å²) in [5, 5.41) is 0.0479. The Bertz CT molecular complexity index is 1730. The third kappa shape index (κ3) is 4.45. The van der Waals surface area contributed by atoms with Gasteiger partial charge in [0.25, 0.3) is 5.91 Å². The SMILES string of the molecule is Cc1ccc([C@]23C[C@@H](c4ccccc4)Sc4ccccc4N2C(=O)C(c2ccccc2)=C(c2ccccc2)O3)cc1. The first-order valence-corrected chi connectivity index (χ1v) is 14.8. The van der Waals surface area contributed by atoms with E-state index in [1.165, 1.54) is 5.56 Å². The van der Waals surface area contributed by atoms with E-state index in [1.807, 2.05) is 83.8 Å². The molecule has 0 saturated heterocycles. The first kappa shape index (κ1) is 25.4. The summed E-state index contributed by atoms with van der Waals surface area (Å²) in [5.74, 6) is 0.540. The monoisotopic (exact) mass is 551 g/mol. The molecule has 0 radical (unpaired) electrons. The fourth-order valence-corrected chi connectivity index (χ4v) is 7.24. The quantitative estimate of drug-likeness (QED) is 0.223. The van der Waals surface area contributed by atoms with Crippen molar-refractivity contribution in [3.63, 3.8) is 0 Å². The maximum absolute atomic E-state index is 15.1. The summed E-state index contributed by atoms with van der Waals surface area (Å²) in [5.41, 5.74) is 5.39. The van der Waals surface area contributed by atoms with Gasteiger partial charge in [0.1, 0.15) is 5.76 Å². The van der Waals surface area contributed by atoms with Gasteiger partial charge in [-0.05, 0) is 30.2 Å². The van der Waals surface area contributed by atoms with Crippen molar-refractivity contribution in [1.29, 1.82) is 0 Å². The van der Waals surface area contributed by atoms with Crippen LogP contribution in [0.3, 0.4) is 0 Å². The van der Waals surface area contributed by atoms with Crippen LogP contribution in [0, 0.1) is 6.92 Å². The molecule has 0 N–H and O–H groups in total. The second kappa shape index (κ2) is 10.5. The fourth-order valence-electron chi connectivity index (χ4n) is 5.89. The maximum atomic E-state index is 15.1. The molecule has 0 unspecified atom stereocenters. The predicted molar refractivity (Wildman–Crippen MR) is 167 cm³/mol. The first-order chi connectivity index (χ1) is 20.1. The van der Waals surface area contributed by atoms with Crippen LogP contribution in [0.2, 0.25) is 0 Å². The Labute approximate surface area is 245 Å². The topological polar surface area (TPSA) is 29.5 Å². The standard InChI is InChI=1S/C37H29NO2S/c1-26-21-23-30(24-22-26)37-25-33(27-13-5-2-6-14-27)41-32-20-12-11-19-31(32)38(37)36(39)34(28-15-7-3-8-16-28)35(40-37)29-17-9-4-10-18-29/h2-24,33H,25H2,1H3/t33-,37+/m0/s1. The summed E-state index contributed by atoms with van der Waals surface area (Å²) in [4.78, 5) is 18.1. The van der Waals surface area contributed by atoms with Crippen LogP contribution in [0.25, 0.3) is 11.3 Å². The number of hydrogen-bond acceptors (Lipinski definition) is 3. The van der Waals surface area contributed by atoms with Gasteiger partial charge >= 0.3 is 0 Å². The largest absolute Gasteiger partial charge is 0.462 e. The normalized spacial score (nSPS) is 20.1. The second-order valence-electron chi connectivity index (χ2n) is 10.5. The molecule has 5 aromatic carbocycles. The highest BCUT2D eigenvalue weighted by Gasteiger charge is 2.54. The Morgan fingerprint density at radius 2 is 1.29 bits per heavy atom. The molecule has 4 heteroatoms. The summed E-state index contributed by atoms with van der Waals surface area (Å²) < 4.78 is 7.39. The van der Waals surface area contributed by atoms with Crippen LogP contribution in [0.4, 0.5) is 5.69 Å². The Balaban J connectivity index is 1.55. The van der Waals surface area contributed by atoms with Crippen LogP contribution in [-0.4, -0.2) is 5.91 Å². The van der Waals surface area contributed by atoms with Crippen LogP contribution >= 0.6 is 11.8 Å². The average molecular weight is 552 g/mol. The number of carbonyl (C=O) groups is 1. The lowest BCUT2D eigenvalue weighted by molar-refractivity contribution is -0.120. The maximum Gasteiger partial charge on any atom is 0.266 e. The number of para-hydroxylation sites is 1. The zero-order chi connectivity index (χ0) is 27.8. The molecular formula is C37H29NO2S. The predicted octanol–water partition coefficient (Wildman–Crippen LogP) is 9.02. The molecule has 0 saturated carbocycles. The van der Waals surface area contributed by atoms with Crippen LogP contribution < -0.4 is 4.90 Å². The van der Waals surface area contributed by atoms with E-state index >= 15 is 4.79 Å². The van der Waals surface area contributed by atoms with Crippen LogP contribution in [0.1, 0.15) is 39.5 Å². The lowest BCUT2D eigenvalue weighted by atomic mass is 9.87. The van der Waals surface area contributed by atoms with E-state index in [-0.39, 0.29) is 11.2 Å². The van der Waals surface area contributed by atoms with E-state index in [9.17, 15) is 0 Å². The number of rotatable bonds is 4. The van der Waals surface area contributed by atoms with Gasteiger partial charge in [0.15, 0.2) is 0 Å². The number of thioether (sulfide) groups is 1. The van der Waals surface area contributed by atoms with E-state index < -0.39 is 5.72 Å². The number of carbonyl (C=O) groups excluding carboxylic acids is 1. The van der Waals surface area contributed by atoms with Crippen molar-refractivity contribution in [3.8, 4) is 0 Å². The number of ether oxygens (including phenoxy) is 1. The second-order valence-corrected chi connectivity index (χ2v) is 11.8. The highest BCUT2D eigenvalue weighted by molar-refractivity contribution is 7.99. The summed E-state index contributed by atoms with van der Waals surface area (Å²) >= 11 is 1.80. The van der Waals surface area contributed by atoms with Crippen LogP contribution in [-0.2, 0) is 15.3 Å². The molecule has 0 fully saturated rings. The van der Waals surface area contributed by atoms with Crippen molar-refractivity contribution in [2.24, 2.45) is 0 Å². The molecule has 3 nitrogen and oxygen atoms in total. The summed E-state index contributed by atoms with van der Waals surface area (Å²) in [7, 11) is 0. The minimum atomic E-state index is -1.08. The third-order valence-corrected chi connectivity index (χ3v) is 9.21. The molecule has 2 aliphatic heterocycles. The Morgan fingerprint density at radius 1 is 0.707 bits per heavy atom. The Morgan fingerprint density at radius 3 is 1.98 bits per heavy atom. The number of amides is 1. The molecule has 7 rings (SSSR count). The van der Waals surface area contributed by atoms with Gasteiger partial charge in [-0.2, -0.15) is 0 Å². The zero-order valence-corrected chi connectivity index (χ0v) is 23.6. The zero-order valence-electron chi connectivity index (χ0n) is 22.7. The fraction of sp³-hybridized carbons (Fsp3) is 0.108. The highest BCUT2D eigenvalue weighted by Crippen LogP contribution is 2.58. The van der Waals surface area contributed by atoms with Crippen molar-refractivity contribution in [3.05, 3.63) is 167 Å². The van der Waals surface area contributed by atoms with Gasteiger partial charge in [0, 0.05) is 27.7 Å². The first-order valence-electron chi connectivity index (χ1n) is 13.9. The van der Waals surface area contributed by atoms with E-state index in [4.69, 9.17) is 4.74 Å². The van der Waals surface area contributed by atoms with Gasteiger partial charge < -0.3 is 4.74 Å². The molecule has 5 aromatic rings. The smallest absolute Gasteiger partial charge is 0.266 e. The van der Waals surface area contributed by atoms with E-state index in [0.717, 1.165) is 32.8 Å². The summed E-state index contributed by atoms with van der Waals surface area (Å²) in [6.45, 7) is 2.08. The number of benzene rings is 5. The third-order valence-electron chi connectivity index (χ3n) is 7.89. The Kier molecular flexibility index (Phi) is 6.49. The highest BCUT2D eigenvalue weighted by atomic mass is 32.2. The minimum absolute atomic E-state index is 0.0479. The number of hydrogen-bond donors (Lipinski definition) is 0. The minimum Gasteiger partial charge on any atom is -0.462 e. The van der Waals surface area contributed by atoms with Crippen molar-refractivity contribution in [2.45, 2.75) is 29.2 Å². The number of anilines is 1. The number of nitrogens with zero attached hydrogens (tertiary/aromatic N) is 1. The number of aryl methyl sites for hydroxylation is 1. The summed E-state index contributed by atoms with van der Waals surface area (Å²) in [6.07, 6.45) is 0.573. The molecule has 200 valence electrons. The lowest BCUT2D eigenvalue weighted by Crippen LogP contribution is -2.55. The molecule has 2 aliphatic rings. The molecule has 41 heavy (non-hydrogen) atoms. The van der Waals surface area contributed by atoms with Crippen molar-refractivity contribution < 1.29 is 9.53 Å². The van der Waals surface area contributed by atoms with Crippen LogP contribution in [0.5, 0.6) is 0 Å². The van der Waals surface area contributed by atoms with Gasteiger partial charge in [0.2, 0.25) is 5.72 Å². The molecule has 2 atom stereocenters. The van der Waals surface area contributed by atoms with Crippen molar-refractivity contribution >= 4 is 34.7 Å². The number of fused-ring (bicyclic) bond motifs is 3. The van der Waals surface area contributed by atoms with Crippen LogP contribution in [0.15, 0.2) is 144 Å². The lowest BCUT2D eigenvalue weighted by Gasteiger charge is -2.48. The van der Waals surface area contributed by atoms with Gasteiger partial charge in [-0.25, -0.2) is 0 Å². The molecular weight excluding hydrogens is 522 g/mol. The molecule has 0 aromatic heterocycles. The average Bonchev–Trinajstić information content (AvgIpc) is 3.18. The van der Waals surface area contributed by atoms with Crippen molar-refractivity contribution in [1.82, 2.24) is 0 Å². The van der Waals surface area contributed by atoms with Gasteiger partial charge in [0.05, 0.1) is 11.3 Å². The van der Waals surface area contributed by atoms with Gasteiger partial charge in [-0.3, -0.25) is 9.69 Å². The van der Waals surface area contributed by atoms with Gasteiger partial charge in [-0.15, -0.1) is 11.8 Å². The molecule has 2 heterocycles. The molecule has 0 aliphatic carbocycles. The van der Waals surface area contributed by atoms with E-state index in [1.54, 1.807) is 11.8 Å². The molecule has 0 bridgehead atoms. The Hall–Kier alpha value is -4.54. The van der Waals surface area contributed by atoms with Crippen molar-refractivity contribution in [2.75, 3.05) is 4.90 Å². The molecule has 1 amide bonds. The van der Waals surface area contributed by atoms with E-state index in [2.05, 4.69) is 67.6 Å². The molecule has 0 spiro atoms. The van der Waals surface area contributed by atoms with Gasteiger partial charge in [-0.1, -0.05) is 133 Å². The van der Waals surface area contributed by atoms with E-state index in [0.29, 0.717) is 17.8 Å².